The highest BCUT2D eigenvalue weighted by molar-refractivity contribution is 5.92. The maximum atomic E-state index is 13.2. The zero-order valence-electron chi connectivity index (χ0n) is 14.8. The molecule has 6 heteroatoms. The second-order valence-corrected chi connectivity index (χ2v) is 7.24. The Morgan fingerprint density at radius 1 is 1.12 bits per heavy atom. The summed E-state index contributed by atoms with van der Waals surface area (Å²) in [7, 11) is 0. The van der Waals surface area contributed by atoms with Gasteiger partial charge in [0.2, 0.25) is 5.91 Å². The zero-order chi connectivity index (χ0) is 18.0. The highest BCUT2D eigenvalue weighted by Crippen LogP contribution is 2.41. The largest absolute Gasteiger partial charge is 0.459 e. The predicted molar refractivity (Wildman–Crippen MR) is 95.2 cm³/mol. The lowest BCUT2D eigenvalue weighted by Crippen LogP contribution is -2.54. The molecule has 4 rings (SSSR count). The van der Waals surface area contributed by atoms with E-state index in [4.69, 9.17) is 4.42 Å². The van der Waals surface area contributed by atoms with E-state index in [1.165, 1.54) is 6.26 Å². The van der Waals surface area contributed by atoms with Gasteiger partial charge in [0.25, 0.3) is 5.91 Å². The first-order valence-corrected chi connectivity index (χ1v) is 9.19. The van der Waals surface area contributed by atoms with Crippen molar-refractivity contribution in [3.63, 3.8) is 0 Å². The molecule has 136 valence electrons. The fourth-order valence-electron chi connectivity index (χ4n) is 4.17. The van der Waals surface area contributed by atoms with Crippen LogP contribution in [0, 0.1) is 5.41 Å². The van der Waals surface area contributed by atoms with Crippen LogP contribution in [0.1, 0.15) is 41.8 Å². The van der Waals surface area contributed by atoms with Crippen LogP contribution in [0.15, 0.2) is 47.3 Å². The lowest BCUT2D eigenvalue weighted by atomic mass is 9.71. The average molecular weight is 353 g/mol. The third-order valence-corrected chi connectivity index (χ3v) is 5.69. The van der Waals surface area contributed by atoms with Gasteiger partial charge in [0.1, 0.15) is 0 Å². The number of carbonyl (C=O) groups is 2. The van der Waals surface area contributed by atoms with Crippen molar-refractivity contribution in [1.29, 1.82) is 0 Å². The molecule has 0 atom stereocenters. The highest BCUT2D eigenvalue weighted by atomic mass is 16.3. The Morgan fingerprint density at radius 3 is 2.58 bits per heavy atom. The summed E-state index contributed by atoms with van der Waals surface area (Å²) in [5.74, 6) is 0.530. The molecular weight excluding hydrogens is 330 g/mol. The van der Waals surface area contributed by atoms with Crippen LogP contribution in [0.2, 0.25) is 0 Å². The van der Waals surface area contributed by atoms with Crippen molar-refractivity contribution < 1.29 is 14.0 Å². The normalized spacial score (nSPS) is 19.8. The first-order valence-electron chi connectivity index (χ1n) is 9.19. The van der Waals surface area contributed by atoms with E-state index in [-0.39, 0.29) is 17.2 Å². The van der Waals surface area contributed by atoms with Gasteiger partial charge in [0.05, 0.1) is 11.7 Å². The lowest BCUT2D eigenvalue weighted by molar-refractivity contribution is -0.150. The molecule has 0 radical (unpaired) electrons. The topological polar surface area (TPSA) is 66.7 Å². The summed E-state index contributed by atoms with van der Waals surface area (Å²) < 4.78 is 5.22. The van der Waals surface area contributed by atoms with E-state index >= 15 is 0 Å². The molecule has 2 saturated heterocycles. The van der Waals surface area contributed by atoms with Crippen LogP contribution in [-0.4, -0.2) is 46.2 Å². The summed E-state index contributed by atoms with van der Waals surface area (Å²) in [5, 5.41) is 0. The summed E-state index contributed by atoms with van der Waals surface area (Å²) >= 11 is 0. The minimum Gasteiger partial charge on any atom is -0.459 e. The number of hydrogen-bond donors (Lipinski definition) is 0. The maximum absolute atomic E-state index is 13.2. The quantitative estimate of drug-likeness (QED) is 0.851. The molecule has 26 heavy (non-hydrogen) atoms. The summed E-state index contributed by atoms with van der Waals surface area (Å²) in [6.45, 7) is 2.65. The minimum atomic E-state index is -0.314. The number of amides is 2. The van der Waals surface area contributed by atoms with Gasteiger partial charge in [0, 0.05) is 38.6 Å². The first-order chi connectivity index (χ1) is 12.7. The molecule has 2 aromatic heterocycles. The summed E-state index contributed by atoms with van der Waals surface area (Å²) in [6, 6.07) is 7.33. The Labute approximate surface area is 152 Å². The number of aromatic nitrogens is 1. The number of carbonyl (C=O) groups excluding carboxylic acids is 2. The molecule has 4 heterocycles. The number of nitrogens with zero attached hydrogens (tertiary/aromatic N) is 3. The van der Waals surface area contributed by atoms with Gasteiger partial charge in [-0.15, -0.1) is 0 Å². The Hall–Kier alpha value is -2.63. The second-order valence-electron chi connectivity index (χ2n) is 7.24. The number of rotatable bonds is 3. The predicted octanol–water partition coefficient (Wildman–Crippen LogP) is 2.72. The number of pyridine rings is 1. The van der Waals surface area contributed by atoms with E-state index in [0.717, 1.165) is 37.8 Å². The van der Waals surface area contributed by atoms with E-state index in [1.807, 2.05) is 17.0 Å². The Balaban J connectivity index is 1.42. The van der Waals surface area contributed by atoms with Gasteiger partial charge in [-0.3, -0.25) is 14.6 Å². The van der Waals surface area contributed by atoms with Gasteiger partial charge in [0.15, 0.2) is 5.76 Å². The molecule has 0 saturated carbocycles. The van der Waals surface area contributed by atoms with Gasteiger partial charge in [-0.2, -0.15) is 0 Å². The number of likely N-dealkylation sites (tertiary alicyclic amines) is 2. The Kier molecular flexibility index (Phi) is 4.49. The van der Waals surface area contributed by atoms with Crippen LogP contribution in [0.3, 0.4) is 0 Å². The van der Waals surface area contributed by atoms with E-state index < -0.39 is 0 Å². The zero-order valence-corrected chi connectivity index (χ0v) is 14.8. The number of piperidine rings is 2. The number of furan rings is 1. The molecule has 0 aliphatic carbocycles. The Bertz CT molecular complexity index is 765. The molecule has 2 aliphatic rings. The lowest BCUT2D eigenvalue weighted by Gasteiger charge is -2.46. The van der Waals surface area contributed by atoms with Crippen molar-refractivity contribution in [1.82, 2.24) is 14.8 Å². The maximum Gasteiger partial charge on any atom is 0.289 e. The van der Waals surface area contributed by atoms with E-state index in [9.17, 15) is 9.59 Å². The van der Waals surface area contributed by atoms with Crippen molar-refractivity contribution in [2.45, 2.75) is 32.2 Å². The number of hydrogen-bond acceptors (Lipinski definition) is 4. The fraction of sp³-hybridized carbons (Fsp3) is 0.450. The van der Waals surface area contributed by atoms with Gasteiger partial charge >= 0.3 is 0 Å². The molecule has 2 amide bonds. The van der Waals surface area contributed by atoms with Gasteiger partial charge in [-0.05, 0) is 55.5 Å². The molecule has 1 spiro atoms. The molecule has 0 aromatic carbocycles. The van der Waals surface area contributed by atoms with Crippen molar-refractivity contribution in [3.05, 3.63) is 54.2 Å². The van der Waals surface area contributed by atoms with Crippen molar-refractivity contribution in [2.75, 3.05) is 19.6 Å². The van der Waals surface area contributed by atoms with Gasteiger partial charge < -0.3 is 14.2 Å². The smallest absolute Gasteiger partial charge is 0.289 e. The third kappa shape index (κ3) is 3.11. The molecular formula is C20H23N3O3. The van der Waals surface area contributed by atoms with Crippen molar-refractivity contribution in [2.24, 2.45) is 5.41 Å². The van der Waals surface area contributed by atoms with Crippen LogP contribution >= 0.6 is 0 Å². The van der Waals surface area contributed by atoms with Crippen molar-refractivity contribution in [3.8, 4) is 0 Å². The average Bonchev–Trinajstić information content (AvgIpc) is 3.21. The molecule has 0 N–H and O–H groups in total. The first kappa shape index (κ1) is 16.8. The van der Waals surface area contributed by atoms with Gasteiger partial charge in [-0.25, -0.2) is 0 Å². The molecule has 2 aliphatic heterocycles. The molecule has 0 unspecified atom stereocenters. The van der Waals surface area contributed by atoms with E-state index in [1.54, 1.807) is 29.4 Å². The third-order valence-electron chi connectivity index (χ3n) is 5.69. The van der Waals surface area contributed by atoms with Crippen LogP contribution < -0.4 is 0 Å². The Morgan fingerprint density at radius 2 is 1.88 bits per heavy atom. The molecule has 2 fully saturated rings. The fourth-order valence-corrected chi connectivity index (χ4v) is 4.17. The second kappa shape index (κ2) is 6.94. The van der Waals surface area contributed by atoms with Crippen LogP contribution in [0.5, 0.6) is 0 Å². The standard InChI is InChI=1S/C20H23N3O3/c24-18(17-3-1-14-26-17)22-12-7-20(8-13-22)6-2-11-23(19(20)25)15-16-4-9-21-10-5-16/h1,3-5,9-10,14H,2,6-8,11-13,15H2. The molecule has 2 aromatic rings. The molecule has 0 bridgehead atoms. The molecule has 6 nitrogen and oxygen atoms in total. The van der Waals surface area contributed by atoms with E-state index in [2.05, 4.69) is 4.98 Å². The van der Waals surface area contributed by atoms with Crippen molar-refractivity contribution >= 4 is 11.8 Å². The summed E-state index contributed by atoms with van der Waals surface area (Å²) in [6.07, 6.45) is 8.43. The van der Waals surface area contributed by atoms with Gasteiger partial charge in [-0.1, -0.05) is 0 Å². The van der Waals surface area contributed by atoms with Crippen LogP contribution in [0.25, 0.3) is 0 Å². The SMILES string of the molecule is O=C(c1ccco1)N1CCC2(CCCN(Cc3ccncc3)C2=O)CC1. The minimum absolute atomic E-state index is 0.0817. The van der Waals surface area contributed by atoms with Crippen LogP contribution in [0.4, 0.5) is 0 Å². The van der Waals surface area contributed by atoms with Crippen LogP contribution in [-0.2, 0) is 11.3 Å². The summed E-state index contributed by atoms with van der Waals surface area (Å²) in [4.78, 5) is 33.5. The highest BCUT2D eigenvalue weighted by Gasteiger charge is 2.46. The van der Waals surface area contributed by atoms with E-state index in [0.29, 0.717) is 25.4 Å². The summed E-state index contributed by atoms with van der Waals surface area (Å²) in [5.41, 5.74) is 0.793. The monoisotopic (exact) mass is 353 g/mol.